The molecule has 2 heterocycles. The number of nitrogens with zero attached hydrogens (tertiary/aromatic N) is 2. The van der Waals surface area contributed by atoms with Crippen molar-refractivity contribution in [3.63, 3.8) is 0 Å². The van der Waals surface area contributed by atoms with E-state index in [1.807, 2.05) is 6.92 Å². The van der Waals surface area contributed by atoms with E-state index in [1.54, 1.807) is 6.07 Å². The third kappa shape index (κ3) is 4.94. The Morgan fingerprint density at radius 1 is 1.29 bits per heavy atom. The van der Waals surface area contributed by atoms with Gasteiger partial charge in [0.2, 0.25) is 10.0 Å². The van der Waals surface area contributed by atoms with Gasteiger partial charge in [-0.3, -0.25) is 0 Å². The molecule has 0 radical (unpaired) electrons. The van der Waals surface area contributed by atoms with E-state index in [9.17, 15) is 8.42 Å². The molecule has 0 saturated carbocycles. The van der Waals surface area contributed by atoms with Crippen LogP contribution in [0.3, 0.4) is 0 Å². The highest BCUT2D eigenvalue weighted by Gasteiger charge is 2.16. The van der Waals surface area contributed by atoms with Crippen LogP contribution in [-0.2, 0) is 10.0 Å². The summed E-state index contributed by atoms with van der Waals surface area (Å²) in [6.45, 7) is 6.01. The van der Waals surface area contributed by atoms with Crippen molar-refractivity contribution in [2.75, 3.05) is 38.0 Å². The second-order valence-electron chi connectivity index (χ2n) is 5.21. The van der Waals surface area contributed by atoms with Gasteiger partial charge in [0.15, 0.2) is 0 Å². The molecule has 0 bridgehead atoms. The second kappa shape index (κ2) is 7.72. The number of likely N-dealkylation sites (tertiary alicyclic amines) is 1. The van der Waals surface area contributed by atoms with Crippen molar-refractivity contribution in [3.8, 4) is 0 Å². The molecule has 1 aliphatic rings. The summed E-state index contributed by atoms with van der Waals surface area (Å²) >= 11 is 0. The number of nitrogens with one attached hydrogen (secondary N) is 2. The summed E-state index contributed by atoms with van der Waals surface area (Å²) in [5.41, 5.74) is 0. The minimum atomic E-state index is -3.46. The van der Waals surface area contributed by atoms with Gasteiger partial charge in [-0.15, -0.1) is 0 Å². The fourth-order valence-electron chi connectivity index (χ4n) is 2.46. The largest absolute Gasteiger partial charge is 0.370 e. The molecule has 0 spiro atoms. The number of pyridine rings is 1. The second-order valence-corrected chi connectivity index (χ2v) is 6.97. The maximum Gasteiger partial charge on any atom is 0.240 e. The Labute approximate surface area is 127 Å². The first-order valence-corrected chi connectivity index (χ1v) is 9.02. The SMILES string of the molecule is CCNc1cc(S(=O)(=O)NCCN2CCCCC2)ccn1. The number of hydrogen-bond acceptors (Lipinski definition) is 5. The van der Waals surface area contributed by atoms with Crippen LogP contribution in [0.1, 0.15) is 26.2 Å². The van der Waals surface area contributed by atoms with Gasteiger partial charge in [0.05, 0.1) is 4.90 Å². The van der Waals surface area contributed by atoms with Gasteiger partial charge < -0.3 is 10.2 Å². The Hall–Kier alpha value is -1.18. The average Bonchev–Trinajstić information content (AvgIpc) is 2.49. The van der Waals surface area contributed by atoms with E-state index in [-0.39, 0.29) is 4.90 Å². The molecule has 2 N–H and O–H groups in total. The Kier molecular flexibility index (Phi) is 5.96. The quantitative estimate of drug-likeness (QED) is 0.793. The zero-order valence-electron chi connectivity index (χ0n) is 12.5. The molecular weight excluding hydrogens is 288 g/mol. The number of aromatic nitrogens is 1. The van der Waals surface area contributed by atoms with Gasteiger partial charge in [-0.1, -0.05) is 6.42 Å². The molecule has 1 fully saturated rings. The lowest BCUT2D eigenvalue weighted by Gasteiger charge is -2.26. The molecule has 1 aromatic heterocycles. The van der Waals surface area contributed by atoms with Gasteiger partial charge in [-0.05, 0) is 38.9 Å². The third-order valence-corrected chi connectivity index (χ3v) is 5.03. The fourth-order valence-corrected chi connectivity index (χ4v) is 3.49. The monoisotopic (exact) mass is 312 g/mol. The van der Waals surface area contributed by atoms with E-state index in [4.69, 9.17) is 0 Å². The highest BCUT2D eigenvalue weighted by molar-refractivity contribution is 7.89. The van der Waals surface area contributed by atoms with Crippen LogP contribution >= 0.6 is 0 Å². The molecular formula is C14H24N4O2S. The first-order valence-electron chi connectivity index (χ1n) is 7.54. The summed E-state index contributed by atoms with van der Waals surface area (Å²) in [6.07, 6.45) is 5.22. The van der Waals surface area contributed by atoms with E-state index in [1.165, 1.54) is 31.5 Å². The van der Waals surface area contributed by atoms with Gasteiger partial charge in [0, 0.05) is 31.9 Å². The summed E-state index contributed by atoms with van der Waals surface area (Å²) in [6, 6.07) is 3.08. The molecule has 7 heteroatoms. The molecule has 0 aromatic carbocycles. The number of rotatable bonds is 7. The van der Waals surface area contributed by atoms with Gasteiger partial charge >= 0.3 is 0 Å². The Bertz CT molecular complexity index is 542. The van der Waals surface area contributed by atoms with Gasteiger partial charge in [0.25, 0.3) is 0 Å². The van der Waals surface area contributed by atoms with Crippen molar-refractivity contribution in [3.05, 3.63) is 18.3 Å². The zero-order chi connectivity index (χ0) is 15.1. The molecule has 0 amide bonds. The number of hydrogen-bond donors (Lipinski definition) is 2. The molecule has 0 aliphatic carbocycles. The van der Waals surface area contributed by atoms with Crippen LogP contribution in [0.2, 0.25) is 0 Å². The predicted octanol–water partition coefficient (Wildman–Crippen LogP) is 1.28. The van der Waals surface area contributed by atoms with Crippen molar-refractivity contribution in [2.45, 2.75) is 31.1 Å². The first kappa shape index (κ1) is 16.2. The highest BCUT2D eigenvalue weighted by Crippen LogP contribution is 2.12. The molecule has 21 heavy (non-hydrogen) atoms. The highest BCUT2D eigenvalue weighted by atomic mass is 32.2. The maximum absolute atomic E-state index is 12.2. The summed E-state index contributed by atoms with van der Waals surface area (Å²) < 4.78 is 27.2. The molecule has 118 valence electrons. The third-order valence-electron chi connectivity index (χ3n) is 3.57. The molecule has 6 nitrogen and oxygen atoms in total. The van der Waals surface area contributed by atoms with Crippen LogP contribution < -0.4 is 10.0 Å². The number of sulfonamides is 1. The van der Waals surface area contributed by atoms with Crippen molar-refractivity contribution >= 4 is 15.8 Å². The van der Waals surface area contributed by atoms with E-state index >= 15 is 0 Å². The van der Waals surface area contributed by atoms with E-state index in [0.717, 1.165) is 19.6 Å². The Morgan fingerprint density at radius 3 is 2.76 bits per heavy atom. The van der Waals surface area contributed by atoms with Gasteiger partial charge in [-0.2, -0.15) is 0 Å². The van der Waals surface area contributed by atoms with Crippen LogP contribution in [0.15, 0.2) is 23.2 Å². The molecule has 0 atom stereocenters. The summed E-state index contributed by atoms with van der Waals surface area (Å²) in [5, 5.41) is 3.02. The molecule has 1 aromatic rings. The maximum atomic E-state index is 12.2. The molecule has 0 unspecified atom stereocenters. The Balaban J connectivity index is 1.90. The van der Waals surface area contributed by atoms with Crippen molar-refractivity contribution in [2.24, 2.45) is 0 Å². The minimum absolute atomic E-state index is 0.257. The normalized spacial score (nSPS) is 16.8. The van der Waals surface area contributed by atoms with Crippen LogP contribution in [0.25, 0.3) is 0 Å². The summed E-state index contributed by atoms with van der Waals surface area (Å²) in [7, 11) is -3.46. The fraction of sp³-hybridized carbons (Fsp3) is 0.643. The van der Waals surface area contributed by atoms with Crippen LogP contribution in [0, 0.1) is 0 Å². The predicted molar refractivity (Wildman–Crippen MR) is 83.9 cm³/mol. The lowest BCUT2D eigenvalue weighted by Crippen LogP contribution is -2.37. The standard InChI is InChI=1S/C14H24N4O2S/c1-2-15-14-12-13(6-7-16-14)21(19,20)17-8-11-18-9-4-3-5-10-18/h6-7,12,17H,2-5,8-11H2,1H3,(H,15,16). The molecule has 2 rings (SSSR count). The van der Waals surface area contributed by atoms with Crippen molar-refractivity contribution in [1.29, 1.82) is 0 Å². The number of piperidine rings is 1. The van der Waals surface area contributed by atoms with Crippen LogP contribution in [-0.4, -0.2) is 51.0 Å². The average molecular weight is 312 g/mol. The van der Waals surface area contributed by atoms with E-state index < -0.39 is 10.0 Å². The van der Waals surface area contributed by atoms with E-state index in [2.05, 4.69) is 19.9 Å². The van der Waals surface area contributed by atoms with Crippen molar-refractivity contribution in [1.82, 2.24) is 14.6 Å². The molecule has 1 saturated heterocycles. The molecule has 1 aliphatic heterocycles. The zero-order valence-corrected chi connectivity index (χ0v) is 13.3. The summed E-state index contributed by atoms with van der Waals surface area (Å²) in [4.78, 5) is 6.65. The number of anilines is 1. The van der Waals surface area contributed by atoms with Crippen LogP contribution in [0.5, 0.6) is 0 Å². The minimum Gasteiger partial charge on any atom is -0.370 e. The van der Waals surface area contributed by atoms with Crippen LogP contribution in [0.4, 0.5) is 5.82 Å². The van der Waals surface area contributed by atoms with E-state index in [0.29, 0.717) is 18.9 Å². The lowest BCUT2D eigenvalue weighted by molar-refractivity contribution is 0.233. The topological polar surface area (TPSA) is 74.3 Å². The lowest BCUT2D eigenvalue weighted by atomic mass is 10.1. The first-order chi connectivity index (χ1) is 10.1. The van der Waals surface area contributed by atoms with Gasteiger partial charge in [0.1, 0.15) is 5.82 Å². The van der Waals surface area contributed by atoms with Crippen molar-refractivity contribution < 1.29 is 8.42 Å². The smallest absolute Gasteiger partial charge is 0.240 e. The van der Waals surface area contributed by atoms with Gasteiger partial charge in [-0.25, -0.2) is 18.1 Å². The Morgan fingerprint density at radius 2 is 2.05 bits per heavy atom. The summed E-state index contributed by atoms with van der Waals surface area (Å²) in [5.74, 6) is 0.580.